The highest BCUT2D eigenvalue weighted by molar-refractivity contribution is 5.82. The molecule has 5 heteroatoms. The number of carbonyl (C=O) groups is 2. The van der Waals surface area contributed by atoms with E-state index in [1.54, 1.807) is 0 Å². The zero-order valence-corrected chi connectivity index (χ0v) is 14.6. The molecule has 0 bridgehead atoms. The first-order chi connectivity index (χ1) is 11.3. The molecule has 1 aliphatic carbocycles. The van der Waals surface area contributed by atoms with Gasteiger partial charge in [-0.15, -0.1) is 0 Å². The molecule has 0 spiro atoms. The second-order valence-electron chi connectivity index (χ2n) is 7.60. The predicted molar refractivity (Wildman–Crippen MR) is 89.5 cm³/mol. The van der Waals surface area contributed by atoms with Gasteiger partial charge >= 0.3 is 12.1 Å². The van der Waals surface area contributed by atoms with E-state index in [9.17, 15) is 9.59 Å². The van der Waals surface area contributed by atoms with Gasteiger partial charge < -0.3 is 14.8 Å². The number of cyclic esters (lactones) is 1. The molecule has 1 aromatic rings. The predicted octanol–water partition coefficient (Wildman–Crippen LogP) is 3.24. The lowest BCUT2D eigenvalue weighted by atomic mass is 10.00. The standard InChI is InChI=1S/C19H25NO4/c1-5-12(20-18(22)24-19(2,3)4)16-14-13(15(14)17(21)23-16)11-9-7-6-8-10-11/h6-10,12-16H,5H2,1-4H3,(H,20,22)/t12-,13-,14-,15+,16+/m0/s1. The van der Waals surface area contributed by atoms with E-state index < -0.39 is 11.7 Å². The number of nitrogens with one attached hydrogen (secondary N) is 1. The Bertz CT molecular complexity index is 622. The molecule has 1 saturated carbocycles. The van der Waals surface area contributed by atoms with E-state index in [0.717, 1.165) is 0 Å². The summed E-state index contributed by atoms with van der Waals surface area (Å²) in [5.41, 5.74) is 0.616. The molecule has 1 aliphatic heterocycles. The number of esters is 1. The summed E-state index contributed by atoms with van der Waals surface area (Å²) in [6.07, 6.45) is -0.0713. The third-order valence-electron chi connectivity index (χ3n) is 4.70. The highest BCUT2D eigenvalue weighted by Gasteiger charge is 2.67. The highest BCUT2D eigenvalue weighted by Crippen LogP contribution is 2.61. The number of alkyl carbamates (subject to hydrolysis) is 1. The summed E-state index contributed by atoms with van der Waals surface area (Å²) in [7, 11) is 0. The van der Waals surface area contributed by atoms with E-state index in [0.29, 0.717) is 6.42 Å². The number of carbonyl (C=O) groups excluding carboxylic acids is 2. The number of rotatable bonds is 4. The molecule has 1 heterocycles. The average Bonchev–Trinajstić information content (AvgIpc) is 3.16. The number of ether oxygens (including phenoxy) is 2. The van der Waals surface area contributed by atoms with Gasteiger partial charge in [-0.25, -0.2) is 4.79 Å². The lowest BCUT2D eigenvalue weighted by molar-refractivity contribution is -0.146. The van der Waals surface area contributed by atoms with Gasteiger partial charge in [-0.1, -0.05) is 37.3 Å². The fourth-order valence-electron chi connectivity index (χ4n) is 3.67. The van der Waals surface area contributed by atoms with Gasteiger partial charge in [0, 0.05) is 11.8 Å². The Morgan fingerprint density at radius 2 is 1.92 bits per heavy atom. The minimum Gasteiger partial charge on any atom is -0.460 e. The summed E-state index contributed by atoms with van der Waals surface area (Å²) in [4.78, 5) is 24.2. The maximum Gasteiger partial charge on any atom is 0.408 e. The maximum atomic E-state index is 12.2. The van der Waals surface area contributed by atoms with Crippen LogP contribution < -0.4 is 5.32 Å². The third-order valence-corrected chi connectivity index (χ3v) is 4.70. The average molecular weight is 331 g/mol. The van der Waals surface area contributed by atoms with Crippen LogP contribution in [0.15, 0.2) is 30.3 Å². The Hall–Kier alpha value is -2.04. The Kier molecular flexibility index (Phi) is 4.28. The van der Waals surface area contributed by atoms with Gasteiger partial charge in [0.1, 0.15) is 11.7 Å². The van der Waals surface area contributed by atoms with E-state index in [1.165, 1.54) is 5.56 Å². The number of hydrogen-bond donors (Lipinski definition) is 1. The van der Waals surface area contributed by atoms with Gasteiger partial charge in [0.15, 0.2) is 0 Å². The quantitative estimate of drug-likeness (QED) is 0.860. The summed E-state index contributed by atoms with van der Waals surface area (Å²) >= 11 is 0. The molecule has 1 aromatic carbocycles. The molecule has 0 radical (unpaired) electrons. The van der Waals surface area contributed by atoms with Crippen molar-refractivity contribution < 1.29 is 19.1 Å². The zero-order chi connectivity index (χ0) is 17.5. The van der Waals surface area contributed by atoms with Crippen molar-refractivity contribution in [3.8, 4) is 0 Å². The van der Waals surface area contributed by atoms with Gasteiger partial charge in [0.25, 0.3) is 0 Å². The molecule has 2 fully saturated rings. The van der Waals surface area contributed by atoms with E-state index in [4.69, 9.17) is 9.47 Å². The van der Waals surface area contributed by atoms with Crippen LogP contribution >= 0.6 is 0 Å². The second-order valence-corrected chi connectivity index (χ2v) is 7.60. The molecule has 0 aromatic heterocycles. The van der Waals surface area contributed by atoms with Crippen LogP contribution in [-0.2, 0) is 14.3 Å². The molecule has 1 N–H and O–H groups in total. The number of benzene rings is 1. The smallest absolute Gasteiger partial charge is 0.408 e. The van der Waals surface area contributed by atoms with Crippen LogP contribution in [-0.4, -0.2) is 29.8 Å². The SMILES string of the molecule is CC[C@H](NC(=O)OC(C)(C)C)[C@H]1OC(=O)[C@@H]2[C@@H](c3ccccc3)[C@H]12. The molecule has 1 saturated heterocycles. The van der Waals surface area contributed by atoms with Gasteiger partial charge in [-0.3, -0.25) is 4.79 Å². The second kappa shape index (κ2) is 6.11. The minimum atomic E-state index is -0.552. The van der Waals surface area contributed by atoms with Crippen molar-refractivity contribution in [1.82, 2.24) is 5.32 Å². The monoisotopic (exact) mass is 331 g/mol. The molecule has 24 heavy (non-hydrogen) atoms. The molecular formula is C19H25NO4. The van der Waals surface area contributed by atoms with Crippen molar-refractivity contribution in [1.29, 1.82) is 0 Å². The summed E-state index contributed by atoms with van der Waals surface area (Å²) < 4.78 is 10.9. The Morgan fingerprint density at radius 3 is 2.50 bits per heavy atom. The first-order valence-electron chi connectivity index (χ1n) is 8.57. The van der Waals surface area contributed by atoms with E-state index in [2.05, 4.69) is 17.4 Å². The molecule has 0 unspecified atom stereocenters. The van der Waals surface area contributed by atoms with Crippen molar-refractivity contribution in [2.45, 2.75) is 57.8 Å². The highest BCUT2D eigenvalue weighted by atomic mass is 16.6. The molecule has 3 rings (SSSR count). The summed E-state index contributed by atoms with van der Waals surface area (Å²) in [5, 5.41) is 2.88. The first kappa shape index (κ1) is 16.8. The lowest BCUT2D eigenvalue weighted by Crippen LogP contribution is -2.46. The fourth-order valence-corrected chi connectivity index (χ4v) is 3.67. The van der Waals surface area contributed by atoms with Gasteiger partial charge in [0.05, 0.1) is 12.0 Å². The van der Waals surface area contributed by atoms with Gasteiger partial charge in [-0.05, 0) is 32.8 Å². The number of amides is 1. The first-order valence-corrected chi connectivity index (χ1v) is 8.57. The van der Waals surface area contributed by atoms with Crippen LogP contribution in [0.3, 0.4) is 0 Å². The van der Waals surface area contributed by atoms with Gasteiger partial charge in [0.2, 0.25) is 0 Å². The maximum absolute atomic E-state index is 12.2. The van der Waals surface area contributed by atoms with Crippen LogP contribution in [0, 0.1) is 11.8 Å². The van der Waals surface area contributed by atoms with Crippen LogP contribution in [0.25, 0.3) is 0 Å². The molecule has 1 amide bonds. The summed E-state index contributed by atoms with van der Waals surface area (Å²) in [6.45, 7) is 7.45. The van der Waals surface area contributed by atoms with Crippen LogP contribution in [0.5, 0.6) is 0 Å². The largest absolute Gasteiger partial charge is 0.460 e. The topological polar surface area (TPSA) is 64.6 Å². The third kappa shape index (κ3) is 3.25. The van der Waals surface area contributed by atoms with Crippen molar-refractivity contribution in [2.75, 3.05) is 0 Å². The van der Waals surface area contributed by atoms with E-state index in [1.807, 2.05) is 45.9 Å². The van der Waals surface area contributed by atoms with Crippen molar-refractivity contribution in [3.05, 3.63) is 35.9 Å². The van der Waals surface area contributed by atoms with Crippen LogP contribution in [0.2, 0.25) is 0 Å². The molecule has 2 aliphatic rings. The van der Waals surface area contributed by atoms with Crippen molar-refractivity contribution in [2.24, 2.45) is 11.8 Å². The number of hydrogen-bond acceptors (Lipinski definition) is 4. The molecular weight excluding hydrogens is 306 g/mol. The Morgan fingerprint density at radius 1 is 1.25 bits per heavy atom. The zero-order valence-electron chi connectivity index (χ0n) is 14.6. The summed E-state index contributed by atoms with van der Waals surface area (Å²) in [6, 6.07) is 9.81. The van der Waals surface area contributed by atoms with E-state index in [-0.39, 0.29) is 35.9 Å². The van der Waals surface area contributed by atoms with Crippen molar-refractivity contribution >= 4 is 12.1 Å². The Labute approximate surface area is 142 Å². The summed E-state index contributed by atoms with van der Waals surface area (Å²) in [5.74, 6) is 0.113. The number of fused-ring (bicyclic) bond motifs is 1. The van der Waals surface area contributed by atoms with Crippen LogP contribution in [0.1, 0.15) is 45.6 Å². The minimum absolute atomic E-state index is 0.0770. The molecule has 5 atom stereocenters. The molecule has 130 valence electrons. The fraction of sp³-hybridized carbons (Fsp3) is 0.579. The lowest BCUT2D eigenvalue weighted by Gasteiger charge is -2.27. The van der Waals surface area contributed by atoms with E-state index >= 15 is 0 Å². The van der Waals surface area contributed by atoms with Crippen molar-refractivity contribution in [3.63, 3.8) is 0 Å². The molecule has 5 nitrogen and oxygen atoms in total. The Balaban J connectivity index is 1.69. The van der Waals surface area contributed by atoms with Crippen LogP contribution in [0.4, 0.5) is 4.79 Å². The normalized spacial score (nSPS) is 29.4. The van der Waals surface area contributed by atoms with Gasteiger partial charge in [-0.2, -0.15) is 0 Å².